The molecule has 0 aromatic rings. The van der Waals surface area contributed by atoms with Crippen molar-refractivity contribution >= 4 is 8.32 Å². The normalized spacial score (nSPS) is 24.8. The molecular weight excluding hydrogens is 426 g/mol. The van der Waals surface area contributed by atoms with Crippen LogP contribution in [0.15, 0.2) is 41.7 Å². The summed E-state index contributed by atoms with van der Waals surface area (Å²) in [5, 5.41) is 0. The van der Waals surface area contributed by atoms with Crippen molar-refractivity contribution < 1.29 is 57.2 Å². The van der Waals surface area contributed by atoms with Gasteiger partial charge in [0.1, 0.15) is 0 Å². The number of hydrogen-bond acceptors (Lipinski definition) is 2. The maximum absolute atomic E-state index is 6.40. The molecule has 0 amide bonds. The summed E-state index contributed by atoms with van der Waals surface area (Å²) < 4.78 is 16.1. The van der Waals surface area contributed by atoms with Crippen LogP contribution in [0.25, 0.3) is 0 Å². The smallest absolute Gasteiger partial charge is 1.00 e. The van der Waals surface area contributed by atoms with Gasteiger partial charge in [-0.1, -0.05) is 0 Å². The molecular formula is C17H24Cl2O2SiZr. The first-order chi connectivity index (χ1) is 9.85. The van der Waals surface area contributed by atoms with Crippen molar-refractivity contribution in [1.29, 1.82) is 0 Å². The van der Waals surface area contributed by atoms with E-state index in [2.05, 4.69) is 51.7 Å². The van der Waals surface area contributed by atoms with Crippen molar-refractivity contribution in [3.8, 4) is 0 Å². The molecule has 6 heteroatoms. The fraction of sp³-hybridized carbons (Fsp3) is 0.529. The summed E-state index contributed by atoms with van der Waals surface area (Å²) >= 11 is -0.617. The standard InChI is InChI=1S/C17H24O2Si.2ClH.Zr/c1-6-18-17(2,14-10-7-8-11-14)15-12-9-13-16(15)19-20(3,4)5;;;/h7,10,13H,6,8-9H2,1-5H3;2*1H;/q;;;+2/p-2. The number of rotatable bonds is 4. The summed E-state index contributed by atoms with van der Waals surface area (Å²) in [6, 6.07) is 0. The van der Waals surface area contributed by atoms with Crippen molar-refractivity contribution in [2.24, 2.45) is 0 Å². The Morgan fingerprint density at radius 2 is 1.87 bits per heavy atom. The van der Waals surface area contributed by atoms with Gasteiger partial charge in [0.2, 0.25) is 0 Å². The molecule has 0 N–H and O–H groups in total. The van der Waals surface area contributed by atoms with E-state index >= 15 is 0 Å². The Hall–Kier alpha value is 0.400. The van der Waals surface area contributed by atoms with Gasteiger partial charge in [0.15, 0.2) is 0 Å². The second-order valence-electron chi connectivity index (χ2n) is 6.93. The Morgan fingerprint density at radius 3 is 2.48 bits per heavy atom. The number of hydrogen-bond donors (Lipinski definition) is 0. The molecule has 0 spiro atoms. The molecule has 1 aliphatic heterocycles. The van der Waals surface area contributed by atoms with Crippen molar-refractivity contribution in [1.82, 2.24) is 0 Å². The quantitative estimate of drug-likeness (QED) is 0.485. The second kappa shape index (κ2) is 7.74. The molecule has 0 aromatic carbocycles. The maximum atomic E-state index is 6.40. The van der Waals surface area contributed by atoms with Crippen LogP contribution in [0, 0.1) is 0 Å². The largest absolute Gasteiger partial charge is 1.00 e. The summed E-state index contributed by atoms with van der Waals surface area (Å²) in [6.07, 6.45) is 9.19. The summed E-state index contributed by atoms with van der Waals surface area (Å²) in [4.78, 5) is 0. The van der Waals surface area contributed by atoms with E-state index in [0.29, 0.717) is 0 Å². The van der Waals surface area contributed by atoms with Gasteiger partial charge in [-0.15, -0.1) is 0 Å². The van der Waals surface area contributed by atoms with Crippen LogP contribution in [-0.2, 0) is 32.4 Å². The third-order valence-electron chi connectivity index (χ3n) is 4.11. The van der Waals surface area contributed by atoms with Gasteiger partial charge in [-0.3, -0.25) is 0 Å². The average Bonchev–Trinajstić information content (AvgIpc) is 2.96. The minimum atomic E-state index is -1.59. The molecule has 3 rings (SSSR count). The first-order valence-electron chi connectivity index (χ1n) is 7.79. The molecule has 2 nitrogen and oxygen atoms in total. The SMILES string of the molecule is CCOC1(C)C2=[C](CC=C2)[Zr+2][C]2=C1C(O[Si](C)(C)C)=CC2.[Cl-].[Cl-]. The Kier molecular flexibility index (Phi) is 7.22. The molecule has 1 heterocycles. The van der Waals surface area contributed by atoms with Gasteiger partial charge >= 0.3 is 141 Å². The van der Waals surface area contributed by atoms with Crippen LogP contribution in [-0.4, -0.2) is 20.5 Å². The number of ether oxygens (including phenoxy) is 1. The fourth-order valence-electron chi connectivity index (χ4n) is 3.43. The van der Waals surface area contributed by atoms with Crippen molar-refractivity contribution in [2.45, 2.75) is 51.9 Å². The van der Waals surface area contributed by atoms with Gasteiger partial charge in [0.25, 0.3) is 0 Å². The first kappa shape index (κ1) is 21.4. The van der Waals surface area contributed by atoms with Crippen LogP contribution in [0.2, 0.25) is 19.6 Å². The van der Waals surface area contributed by atoms with E-state index in [4.69, 9.17) is 9.16 Å². The molecule has 0 saturated heterocycles. The molecule has 126 valence electrons. The van der Waals surface area contributed by atoms with E-state index in [1.165, 1.54) is 11.1 Å². The van der Waals surface area contributed by atoms with Crippen LogP contribution in [0.1, 0.15) is 26.7 Å². The van der Waals surface area contributed by atoms with Crippen LogP contribution < -0.4 is 24.8 Å². The van der Waals surface area contributed by atoms with Gasteiger partial charge < -0.3 is 24.8 Å². The molecule has 1 atom stereocenters. The molecule has 2 aliphatic carbocycles. The molecule has 0 saturated carbocycles. The van der Waals surface area contributed by atoms with E-state index in [0.717, 1.165) is 25.2 Å². The van der Waals surface area contributed by atoms with E-state index in [1.807, 2.05) is 0 Å². The molecule has 23 heavy (non-hydrogen) atoms. The van der Waals surface area contributed by atoms with E-state index in [9.17, 15) is 0 Å². The van der Waals surface area contributed by atoms with E-state index in [-0.39, 0.29) is 30.4 Å². The molecule has 1 unspecified atom stereocenters. The number of allylic oxidation sites excluding steroid dienone is 4. The average molecular weight is 451 g/mol. The van der Waals surface area contributed by atoms with E-state index in [1.54, 1.807) is 6.56 Å². The maximum Gasteiger partial charge on any atom is -1.00 e. The van der Waals surface area contributed by atoms with Crippen molar-refractivity contribution in [2.75, 3.05) is 6.61 Å². The van der Waals surface area contributed by atoms with Gasteiger partial charge in [0.05, 0.1) is 0 Å². The van der Waals surface area contributed by atoms with Gasteiger partial charge in [-0.2, -0.15) is 0 Å². The Labute approximate surface area is 165 Å². The van der Waals surface area contributed by atoms with Gasteiger partial charge in [-0.05, 0) is 0 Å². The molecule has 0 bridgehead atoms. The molecule has 0 aromatic heterocycles. The zero-order valence-corrected chi connectivity index (χ0v) is 19.4. The van der Waals surface area contributed by atoms with Crippen LogP contribution in [0.3, 0.4) is 0 Å². The van der Waals surface area contributed by atoms with Crippen LogP contribution in [0.5, 0.6) is 0 Å². The van der Waals surface area contributed by atoms with Crippen LogP contribution >= 0.6 is 0 Å². The minimum Gasteiger partial charge on any atom is -1.00 e. The summed E-state index contributed by atoms with van der Waals surface area (Å²) in [6.45, 7) is 11.9. The predicted molar refractivity (Wildman–Crippen MR) is 85.0 cm³/mol. The van der Waals surface area contributed by atoms with Crippen LogP contribution in [0.4, 0.5) is 0 Å². The van der Waals surface area contributed by atoms with Crippen molar-refractivity contribution in [3.05, 3.63) is 41.7 Å². The monoisotopic (exact) mass is 448 g/mol. The third kappa shape index (κ3) is 3.98. The molecule has 0 fully saturated rings. The zero-order chi connectivity index (χ0) is 15.3. The Morgan fingerprint density at radius 1 is 1.17 bits per heavy atom. The second-order valence-corrected chi connectivity index (χ2v) is 14.9. The fourth-order valence-corrected chi connectivity index (χ4v) is 8.53. The third-order valence-corrected chi connectivity index (χ3v) is 8.71. The summed E-state index contributed by atoms with van der Waals surface area (Å²) in [5.41, 5.74) is 2.55. The van der Waals surface area contributed by atoms with Gasteiger partial charge in [-0.25, -0.2) is 0 Å². The Bertz CT molecular complexity index is 602. The summed E-state index contributed by atoms with van der Waals surface area (Å²) in [7, 11) is -1.59. The van der Waals surface area contributed by atoms with Crippen molar-refractivity contribution in [3.63, 3.8) is 0 Å². The molecule has 0 radical (unpaired) electrons. The minimum absolute atomic E-state index is 0. The Balaban J connectivity index is 0.00000132. The number of halogens is 2. The topological polar surface area (TPSA) is 18.5 Å². The summed E-state index contributed by atoms with van der Waals surface area (Å²) in [5.74, 6) is 1.13. The molecule has 3 aliphatic rings. The van der Waals surface area contributed by atoms with E-state index < -0.39 is 31.6 Å². The zero-order valence-electron chi connectivity index (χ0n) is 14.4. The van der Waals surface area contributed by atoms with Gasteiger partial charge in [0, 0.05) is 0 Å². The predicted octanol–water partition coefficient (Wildman–Crippen LogP) is -1.51. The first-order valence-corrected chi connectivity index (χ1v) is 13.7.